The Kier molecular flexibility index (Phi) is 1.51. The molecular weight excluding hydrogens is 154 g/mol. The highest BCUT2D eigenvalue weighted by Crippen LogP contribution is 1.99. The van der Waals surface area contributed by atoms with E-state index < -0.39 is 0 Å². The van der Waals surface area contributed by atoms with E-state index in [4.69, 9.17) is 5.73 Å². The normalized spacial score (nSPS) is 10.8. The molecule has 62 valence electrons. The van der Waals surface area contributed by atoms with Crippen LogP contribution in [0.25, 0.3) is 5.65 Å². The van der Waals surface area contributed by atoms with Crippen LogP contribution in [0.2, 0.25) is 0 Å². The number of aryl methyl sites for hydroxylation is 1. The summed E-state index contributed by atoms with van der Waals surface area (Å²) in [6.07, 6.45) is 3.46. The number of nitrogens with zero attached hydrogens (tertiary/aromatic N) is 4. The van der Waals surface area contributed by atoms with E-state index >= 15 is 0 Å². The van der Waals surface area contributed by atoms with E-state index in [0.717, 1.165) is 17.2 Å². The van der Waals surface area contributed by atoms with E-state index in [9.17, 15) is 0 Å². The predicted octanol–water partition coefficient (Wildman–Crippen LogP) is -0.109. The molecule has 0 saturated heterocycles. The lowest BCUT2D eigenvalue weighted by Crippen LogP contribution is -2.01. The summed E-state index contributed by atoms with van der Waals surface area (Å²) < 4.78 is 1.69. The smallest absolute Gasteiger partial charge is 0.173 e. The van der Waals surface area contributed by atoms with Crippen molar-refractivity contribution < 1.29 is 0 Å². The van der Waals surface area contributed by atoms with Crippen LogP contribution in [0.1, 0.15) is 11.5 Å². The van der Waals surface area contributed by atoms with E-state index in [1.165, 1.54) is 0 Å². The predicted molar refractivity (Wildman–Crippen MR) is 43.4 cm³/mol. The standard InChI is InChI=1S/C7H9N5/c1-5-10-7-3-9-6(2-8)4-12(7)11-5/h3-4H,2,8H2,1H3. The minimum Gasteiger partial charge on any atom is -0.325 e. The van der Waals surface area contributed by atoms with Crippen molar-refractivity contribution in [1.82, 2.24) is 19.6 Å². The van der Waals surface area contributed by atoms with Crippen molar-refractivity contribution in [3.8, 4) is 0 Å². The Bertz CT molecular complexity index is 405. The number of aromatic nitrogens is 4. The van der Waals surface area contributed by atoms with Crippen LogP contribution in [-0.4, -0.2) is 19.6 Å². The molecule has 2 aromatic heterocycles. The van der Waals surface area contributed by atoms with Crippen LogP contribution in [0.4, 0.5) is 0 Å². The van der Waals surface area contributed by atoms with Crippen molar-refractivity contribution in [2.24, 2.45) is 5.73 Å². The molecule has 2 N–H and O–H groups in total. The first-order valence-electron chi connectivity index (χ1n) is 3.67. The first kappa shape index (κ1) is 7.17. The molecule has 5 heteroatoms. The first-order valence-corrected chi connectivity index (χ1v) is 3.67. The summed E-state index contributed by atoms with van der Waals surface area (Å²) in [5.41, 5.74) is 6.99. The molecule has 12 heavy (non-hydrogen) atoms. The molecule has 0 saturated carbocycles. The largest absolute Gasteiger partial charge is 0.325 e. The van der Waals surface area contributed by atoms with Gasteiger partial charge in [-0.15, -0.1) is 0 Å². The zero-order valence-corrected chi connectivity index (χ0v) is 6.73. The Morgan fingerprint density at radius 3 is 3.17 bits per heavy atom. The van der Waals surface area contributed by atoms with E-state index in [0.29, 0.717) is 6.54 Å². The lowest BCUT2D eigenvalue weighted by Gasteiger charge is -1.94. The van der Waals surface area contributed by atoms with Gasteiger partial charge in [-0.2, -0.15) is 5.10 Å². The molecule has 2 heterocycles. The third-order valence-electron chi connectivity index (χ3n) is 1.59. The highest BCUT2D eigenvalue weighted by Gasteiger charge is 1.99. The molecule has 0 aliphatic heterocycles. The van der Waals surface area contributed by atoms with E-state index in [-0.39, 0.29) is 0 Å². The van der Waals surface area contributed by atoms with Crippen LogP contribution in [0.15, 0.2) is 12.4 Å². The molecule has 0 fully saturated rings. The SMILES string of the molecule is Cc1nc2cnc(CN)cn2n1. The Labute approximate surface area is 69.2 Å². The molecule has 0 atom stereocenters. The fraction of sp³-hybridized carbons (Fsp3) is 0.286. The molecular formula is C7H9N5. The second-order valence-corrected chi connectivity index (χ2v) is 2.54. The number of hydrogen-bond acceptors (Lipinski definition) is 4. The van der Waals surface area contributed by atoms with Crippen LogP contribution in [0.3, 0.4) is 0 Å². The van der Waals surface area contributed by atoms with E-state index in [1.807, 2.05) is 6.92 Å². The second kappa shape index (κ2) is 2.53. The zero-order chi connectivity index (χ0) is 8.55. The first-order chi connectivity index (χ1) is 5.79. The maximum Gasteiger partial charge on any atom is 0.173 e. The molecule has 0 amide bonds. The van der Waals surface area contributed by atoms with Gasteiger partial charge in [0, 0.05) is 6.54 Å². The molecule has 2 rings (SSSR count). The van der Waals surface area contributed by atoms with Crippen molar-refractivity contribution in [2.75, 3.05) is 0 Å². The average molecular weight is 163 g/mol. The fourth-order valence-corrected chi connectivity index (χ4v) is 1.05. The fourth-order valence-electron chi connectivity index (χ4n) is 1.05. The van der Waals surface area contributed by atoms with Gasteiger partial charge in [-0.05, 0) is 6.92 Å². The minimum absolute atomic E-state index is 0.425. The Morgan fingerprint density at radius 2 is 2.42 bits per heavy atom. The quantitative estimate of drug-likeness (QED) is 0.637. The number of nitrogens with two attached hydrogens (primary N) is 1. The van der Waals surface area contributed by atoms with Crippen LogP contribution >= 0.6 is 0 Å². The summed E-state index contributed by atoms with van der Waals surface area (Å²) >= 11 is 0. The summed E-state index contributed by atoms with van der Waals surface area (Å²) in [6, 6.07) is 0. The lowest BCUT2D eigenvalue weighted by atomic mass is 10.4. The molecule has 2 aromatic rings. The molecule has 0 spiro atoms. The maximum atomic E-state index is 5.42. The van der Waals surface area contributed by atoms with Gasteiger partial charge in [0.25, 0.3) is 0 Å². The minimum atomic E-state index is 0.425. The van der Waals surface area contributed by atoms with Gasteiger partial charge in [-0.25, -0.2) is 9.50 Å². The summed E-state index contributed by atoms with van der Waals surface area (Å²) in [5, 5.41) is 4.13. The summed E-state index contributed by atoms with van der Waals surface area (Å²) in [4.78, 5) is 8.23. The third kappa shape index (κ3) is 1.04. The molecule has 0 aromatic carbocycles. The molecule has 0 bridgehead atoms. The van der Waals surface area contributed by atoms with Gasteiger partial charge in [0.2, 0.25) is 0 Å². The summed E-state index contributed by atoms with van der Waals surface area (Å²) in [7, 11) is 0. The third-order valence-corrected chi connectivity index (χ3v) is 1.59. The lowest BCUT2D eigenvalue weighted by molar-refractivity contribution is 0.876. The molecule has 0 radical (unpaired) electrons. The monoisotopic (exact) mass is 163 g/mol. The molecule has 0 aliphatic rings. The number of hydrogen-bond donors (Lipinski definition) is 1. The van der Waals surface area contributed by atoms with Gasteiger partial charge >= 0.3 is 0 Å². The summed E-state index contributed by atoms with van der Waals surface area (Å²) in [5.74, 6) is 0.742. The Hall–Kier alpha value is -1.49. The van der Waals surface area contributed by atoms with Gasteiger partial charge in [0.15, 0.2) is 5.65 Å². The average Bonchev–Trinajstić information content (AvgIpc) is 2.43. The van der Waals surface area contributed by atoms with Gasteiger partial charge in [0.05, 0.1) is 18.1 Å². The Morgan fingerprint density at radius 1 is 1.58 bits per heavy atom. The second-order valence-electron chi connectivity index (χ2n) is 2.54. The number of rotatable bonds is 1. The summed E-state index contributed by atoms with van der Waals surface area (Å²) in [6.45, 7) is 2.27. The molecule has 5 nitrogen and oxygen atoms in total. The topological polar surface area (TPSA) is 69.1 Å². The highest BCUT2D eigenvalue weighted by molar-refractivity contribution is 5.33. The van der Waals surface area contributed by atoms with E-state index in [1.54, 1.807) is 16.9 Å². The number of fused-ring (bicyclic) bond motifs is 1. The maximum absolute atomic E-state index is 5.42. The van der Waals surface area contributed by atoms with Crippen molar-refractivity contribution >= 4 is 5.65 Å². The van der Waals surface area contributed by atoms with Gasteiger partial charge in [-0.3, -0.25) is 4.98 Å². The van der Waals surface area contributed by atoms with Crippen LogP contribution in [0, 0.1) is 6.92 Å². The Balaban J connectivity index is 2.66. The van der Waals surface area contributed by atoms with Crippen molar-refractivity contribution in [3.05, 3.63) is 23.9 Å². The van der Waals surface area contributed by atoms with Crippen molar-refractivity contribution in [1.29, 1.82) is 0 Å². The molecule has 0 aliphatic carbocycles. The highest BCUT2D eigenvalue weighted by atomic mass is 15.3. The van der Waals surface area contributed by atoms with Crippen LogP contribution < -0.4 is 5.73 Å². The van der Waals surface area contributed by atoms with Gasteiger partial charge in [-0.1, -0.05) is 0 Å². The zero-order valence-electron chi connectivity index (χ0n) is 6.73. The van der Waals surface area contributed by atoms with Gasteiger partial charge in [0.1, 0.15) is 5.82 Å². The molecule has 0 unspecified atom stereocenters. The van der Waals surface area contributed by atoms with Gasteiger partial charge < -0.3 is 5.73 Å². The van der Waals surface area contributed by atoms with E-state index in [2.05, 4.69) is 15.1 Å². The van der Waals surface area contributed by atoms with Crippen LogP contribution in [0.5, 0.6) is 0 Å². The van der Waals surface area contributed by atoms with Crippen LogP contribution in [-0.2, 0) is 6.54 Å². The van der Waals surface area contributed by atoms with Crippen molar-refractivity contribution in [2.45, 2.75) is 13.5 Å². The van der Waals surface area contributed by atoms with Crippen molar-refractivity contribution in [3.63, 3.8) is 0 Å².